The van der Waals surface area contributed by atoms with Gasteiger partial charge in [-0.3, -0.25) is 0 Å². The third kappa shape index (κ3) is 4.08. The van der Waals surface area contributed by atoms with Crippen molar-refractivity contribution in [3.05, 3.63) is 56.2 Å². The van der Waals surface area contributed by atoms with Crippen LogP contribution in [0.15, 0.2) is 30.3 Å². The minimum absolute atomic E-state index is 0.397. The van der Waals surface area contributed by atoms with Gasteiger partial charge in [-0.25, -0.2) is 0 Å². The zero-order chi connectivity index (χ0) is 14.5. The highest BCUT2D eigenvalue weighted by Gasteiger charge is 2.15. The second-order valence-corrected chi connectivity index (χ2v) is 6.95. The lowest BCUT2D eigenvalue weighted by Gasteiger charge is -2.17. The fraction of sp³-hybridized carbons (Fsp3) is 0.412. The predicted octanol–water partition coefficient (Wildman–Crippen LogP) is 5.30. The van der Waals surface area contributed by atoms with Gasteiger partial charge in [0, 0.05) is 20.8 Å². The Morgan fingerprint density at radius 1 is 1.20 bits per heavy atom. The van der Waals surface area contributed by atoms with E-state index in [1.165, 1.54) is 20.9 Å². The molecular formula is C17H22ClNS. The normalized spacial score (nSPS) is 12.6. The summed E-state index contributed by atoms with van der Waals surface area (Å²) in [6.45, 7) is 7.64. The molecule has 2 aromatic rings. The van der Waals surface area contributed by atoms with Crippen molar-refractivity contribution >= 4 is 22.9 Å². The first-order valence-electron chi connectivity index (χ1n) is 7.15. The van der Waals surface area contributed by atoms with Crippen LogP contribution in [0.1, 0.15) is 40.3 Å². The van der Waals surface area contributed by atoms with Crippen molar-refractivity contribution < 1.29 is 0 Å². The van der Waals surface area contributed by atoms with Gasteiger partial charge >= 0.3 is 0 Å². The Kier molecular flexibility index (Phi) is 5.64. The molecule has 1 N–H and O–H groups in total. The summed E-state index contributed by atoms with van der Waals surface area (Å²) >= 11 is 7.87. The van der Waals surface area contributed by atoms with E-state index >= 15 is 0 Å². The second-order valence-electron chi connectivity index (χ2n) is 5.23. The standard InChI is InChI=1S/C17H22ClNS/c1-4-9-19-16(17-10-12(2)13(3)20-17)11-14-5-7-15(18)8-6-14/h5-8,10,16,19H,4,9,11H2,1-3H3. The smallest absolute Gasteiger partial charge is 0.0455 e. The summed E-state index contributed by atoms with van der Waals surface area (Å²) in [6.07, 6.45) is 2.16. The quantitative estimate of drug-likeness (QED) is 0.763. The topological polar surface area (TPSA) is 12.0 Å². The third-order valence-corrected chi connectivity index (χ3v) is 5.04. The van der Waals surface area contributed by atoms with E-state index < -0.39 is 0 Å². The van der Waals surface area contributed by atoms with Crippen LogP contribution in [0.4, 0.5) is 0 Å². The molecule has 0 bridgehead atoms. The van der Waals surface area contributed by atoms with Crippen LogP contribution in [0.2, 0.25) is 5.02 Å². The lowest BCUT2D eigenvalue weighted by molar-refractivity contribution is 0.536. The van der Waals surface area contributed by atoms with Crippen molar-refractivity contribution in [2.45, 2.75) is 39.7 Å². The zero-order valence-electron chi connectivity index (χ0n) is 12.4. The van der Waals surface area contributed by atoms with E-state index in [2.05, 4.69) is 44.3 Å². The Balaban J connectivity index is 2.16. The van der Waals surface area contributed by atoms with Gasteiger partial charge in [0.05, 0.1) is 0 Å². The van der Waals surface area contributed by atoms with Gasteiger partial charge < -0.3 is 5.32 Å². The van der Waals surface area contributed by atoms with E-state index in [1.807, 2.05) is 23.5 Å². The maximum atomic E-state index is 5.96. The predicted molar refractivity (Wildman–Crippen MR) is 90.0 cm³/mol. The Bertz CT molecular complexity index is 525. The Labute approximate surface area is 131 Å². The molecule has 0 saturated carbocycles. The summed E-state index contributed by atoms with van der Waals surface area (Å²) in [5.41, 5.74) is 2.72. The van der Waals surface area contributed by atoms with Gasteiger partial charge in [0.2, 0.25) is 0 Å². The minimum atomic E-state index is 0.397. The first-order chi connectivity index (χ1) is 9.60. The molecule has 1 unspecified atom stereocenters. The molecule has 0 saturated heterocycles. The van der Waals surface area contributed by atoms with Crippen molar-refractivity contribution in [1.82, 2.24) is 5.32 Å². The molecule has 0 amide bonds. The zero-order valence-corrected chi connectivity index (χ0v) is 13.9. The molecule has 0 radical (unpaired) electrons. The van der Waals surface area contributed by atoms with Crippen LogP contribution in [0, 0.1) is 13.8 Å². The van der Waals surface area contributed by atoms with Crippen LogP contribution in [-0.4, -0.2) is 6.54 Å². The average molecular weight is 308 g/mol. The van der Waals surface area contributed by atoms with Gasteiger partial charge in [-0.1, -0.05) is 30.7 Å². The highest BCUT2D eigenvalue weighted by Crippen LogP contribution is 2.29. The summed E-state index contributed by atoms with van der Waals surface area (Å²) in [5.74, 6) is 0. The summed E-state index contributed by atoms with van der Waals surface area (Å²) in [6, 6.07) is 10.9. The highest BCUT2D eigenvalue weighted by molar-refractivity contribution is 7.12. The molecule has 0 spiro atoms. The molecule has 0 fully saturated rings. The van der Waals surface area contributed by atoms with Gasteiger partial charge in [0.25, 0.3) is 0 Å². The molecule has 1 aromatic carbocycles. The number of rotatable bonds is 6. The van der Waals surface area contributed by atoms with Gasteiger partial charge in [0.15, 0.2) is 0 Å². The summed E-state index contributed by atoms with van der Waals surface area (Å²) in [7, 11) is 0. The molecule has 0 aliphatic heterocycles. The first-order valence-corrected chi connectivity index (χ1v) is 8.34. The van der Waals surface area contributed by atoms with E-state index in [0.29, 0.717) is 6.04 Å². The molecule has 1 nitrogen and oxygen atoms in total. The molecule has 0 aliphatic carbocycles. The SMILES string of the molecule is CCCNC(Cc1ccc(Cl)cc1)c1cc(C)c(C)s1. The molecule has 3 heteroatoms. The monoisotopic (exact) mass is 307 g/mol. The number of aryl methyl sites for hydroxylation is 2. The van der Waals surface area contributed by atoms with Crippen molar-refractivity contribution in [1.29, 1.82) is 0 Å². The van der Waals surface area contributed by atoms with Gasteiger partial charge in [0.1, 0.15) is 0 Å². The number of hydrogen-bond donors (Lipinski definition) is 1. The van der Waals surface area contributed by atoms with Gasteiger partial charge in [-0.15, -0.1) is 11.3 Å². The minimum Gasteiger partial charge on any atom is -0.309 e. The van der Waals surface area contributed by atoms with Crippen molar-refractivity contribution in [2.24, 2.45) is 0 Å². The molecule has 0 aliphatic rings. The second kappa shape index (κ2) is 7.26. The first kappa shape index (κ1) is 15.6. The molecule has 1 atom stereocenters. The lowest BCUT2D eigenvalue weighted by atomic mass is 10.0. The largest absolute Gasteiger partial charge is 0.309 e. The number of nitrogens with one attached hydrogen (secondary N) is 1. The molecular weight excluding hydrogens is 286 g/mol. The number of halogens is 1. The van der Waals surface area contributed by atoms with Crippen LogP contribution >= 0.6 is 22.9 Å². The number of hydrogen-bond acceptors (Lipinski definition) is 2. The van der Waals surface area contributed by atoms with Crippen LogP contribution in [-0.2, 0) is 6.42 Å². The van der Waals surface area contributed by atoms with Gasteiger partial charge in [-0.05, 0) is 62.6 Å². The van der Waals surface area contributed by atoms with Crippen LogP contribution in [0.25, 0.3) is 0 Å². The average Bonchev–Trinajstić information content (AvgIpc) is 2.77. The Hall–Kier alpha value is -0.830. The van der Waals surface area contributed by atoms with Gasteiger partial charge in [-0.2, -0.15) is 0 Å². The number of thiophene rings is 1. The van der Waals surface area contributed by atoms with Crippen LogP contribution in [0.3, 0.4) is 0 Å². The van der Waals surface area contributed by atoms with Crippen molar-refractivity contribution in [2.75, 3.05) is 6.54 Å². The van der Waals surface area contributed by atoms with E-state index in [4.69, 9.17) is 11.6 Å². The lowest BCUT2D eigenvalue weighted by Crippen LogP contribution is -2.23. The summed E-state index contributed by atoms with van der Waals surface area (Å²) < 4.78 is 0. The summed E-state index contributed by atoms with van der Waals surface area (Å²) in [5, 5.41) is 4.47. The summed E-state index contributed by atoms with van der Waals surface area (Å²) in [4.78, 5) is 2.85. The maximum Gasteiger partial charge on any atom is 0.0455 e. The highest BCUT2D eigenvalue weighted by atomic mass is 35.5. The van der Waals surface area contributed by atoms with E-state index in [-0.39, 0.29) is 0 Å². The van der Waals surface area contributed by atoms with Crippen molar-refractivity contribution in [3.8, 4) is 0 Å². The molecule has 1 heterocycles. The van der Waals surface area contributed by atoms with Crippen LogP contribution in [0.5, 0.6) is 0 Å². The van der Waals surface area contributed by atoms with Crippen LogP contribution < -0.4 is 5.32 Å². The van der Waals surface area contributed by atoms with E-state index in [9.17, 15) is 0 Å². The Morgan fingerprint density at radius 2 is 1.90 bits per heavy atom. The van der Waals surface area contributed by atoms with E-state index in [0.717, 1.165) is 24.4 Å². The molecule has 108 valence electrons. The number of benzene rings is 1. The molecule has 20 heavy (non-hydrogen) atoms. The Morgan fingerprint density at radius 3 is 2.45 bits per heavy atom. The maximum absolute atomic E-state index is 5.96. The van der Waals surface area contributed by atoms with E-state index in [1.54, 1.807) is 0 Å². The fourth-order valence-electron chi connectivity index (χ4n) is 2.22. The molecule has 2 rings (SSSR count). The molecule has 1 aromatic heterocycles. The third-order valence-electron chi connectivity index (χ3n) is 3.52. The fourth-order valence-corrected chi connectivity index (χ4v) is 3.47. The van der Waals surface area contributed by atoms with Crippen molar-refractivity contribution in [3.63, 3.8) is 0 Å².